The van der Waals surface area contributed by atoms with Gasteiger partial charge in [-0.2, -0.15) is 0 Å². The van der Waals surface area contributed by atoms with Gasteiger partial charge in [0.05, 0.1) is 6.10 Å². The average Bonchev–Trinajstić information content (AvgIpc) is 2.35. The predicted molar refractivity (Wildman–Crippen MR) is 75.0 cm³/mol. The summed E-state index contributed by atoms with van der Waals surface area (Å²) in [6.07, 6.45) is -0.460. The third-order valence-corrected chi connectivity index (χ3v) is 2.85. The summed E-state index contributed by atoms with van der Waals surface area (Å²) in [5, 5.41) is 12.0. The van der Waals surface area contributed by atoms with Gasteiger partial charge in [0.1, 0.15) is 11.6 Å². The zero-order valence-corrected chi connectivity index (χ0v) is 12.1. The van der Waals surface area contributed by atoms with Crippen molar-refractivity contribution >= 4 is 5.91 Å². The largest absolute Gasteiger partial charge is 0.481 e. The first-order valence-corrected chi connectivity index (χ1v) is 6.76. The number of hydrogen-bond donors (Lipinski definition) is 2. The van der Waals surface area contributed by atoms with Gasteiger partial charge in [0.15, 0.2) is 6.10 Å². The molecule has 3 atom stereocenters. The quantitative estimate of drug-likeness (QED) is 0.806. The molecule has 1 rings (SSSR count). The summed E-state index contributed by atoms with van der Waals surface area (Å²) in [5.41, 5.74) is 0. The number of aliphatic hydroxyl groups excluding tert-OH is 1. The third-order valence-electron chi connectivity index (χ3n) is 2.85. The number of amides is 1. The number of rotatable bonds is 7. The Bertz CT molecular complexity index is 437. The van der Waals surface area contributed by atoms with Crippen molar-refractivity contribution in [2.75, 3.05) is 6.54 Å². The number of halogens is 1. The molecular formula is C15H22FNO3. The molecule has 2 N–H and O–H groups in total. The maximum Gasteiger partial charge on any atom is 0.260 e. The fraction of sp³-hybridized carbons (Fsp3) is 0.533. The molecule has 3 unspecified atom stereocenters. The van der Waals surface area contributed by atoms with Gasteiger partial charge in [-0.3, -0.25) is 4.79 Å². The van der Waals surface area contributed by atoms with E-state index in [-0.39, 0.29) is 17.9 Å². The molecule has 4 nitrogen and oxygen atoms in total. The molecule has 0 aliphatic heterocycles. The smallest absolute Gasteiger partial charge is 0.260 e. The molecule has 5 heteroatoms. The van der Waals surface area contributed by atoms with Gasteiger partial charge in [-0.1, -0.05) is 13.0 Å². The molecule has 0 aromatic heterocycles. The number of hydrogen-bond acceptors (Lipinski definition) is 3. The zero-order chi connectivity index (χ0) is 15.1. The molecule has 0 spiro atoms. The van der Waals surface area contributed by atoms with Gasteiger partial charge in [0, 0.05) is 12.6 Å². The van der Waals surface area contributed by atoms with Crippen LogP contribution < -0.4 is 10.1 Å². The van der Waals surface area contributed by atoms with Crippen molar-refractivity contribution in [3.63, 3.8) is 0 Å². The molecule has 0 aliphatic rings. The van der Waals surface area contributed by atoms with Crippen LogP contribution in [0.15, 0.2) is 24.3 Å². The SMILES string of the molecule is CC(O)CC(C)CNC(=O)C(C)Oc1cccc(F)c1. The lowest BCUT2D eigenvalue weighted by Gasteiger charge is -2.18. The van der Waals surface area contributed by atoms with Gasteiger partial charge in [-0.15, -0.1) is 0 Å². The number of carbonyl (C=O) groups is 1. The highest BCUT2D eigenvalue weighted by molar-refractivity contribution is 5.80. The van der Waals surface area contributed by atoms with Gasteiger partial charge >= 0.3 is 0 Å². The Balaban J connectivity index is 2.39. The molecule has 1 aromatic rings. The minimum Gasteiger partial charge on any atom is -0.481 e. The molecule has 0 bridgehead atoms. The Morgan fingerprint density at radius 3 is 2.70 bits per heavy atom. The van der Waals surface area contributed by atoms with E-state index in [1.165, 1.54) is 18.2 Å². The van der Waals surface area contributed by atoms with Gasteiger partial charge < -0.3 is 15.2 Å². The van der Waals surface area contributed by atoms with E-state index >= 15 is 0 Å². The Morgan fingerprint density at radius 2 is 2.10 bits per heavy atom. The summed E-state index contributed by atoms with van der Waals surface area (Å²) in [4.78, 5) is 11.8. The summed E-state index contributed by atoms with van der Waals surface area (Å²) in [6, 6.07) is 5.68. The lowest BCUT2D eigenvalue weighted by molar-refractivity contribution is -0.127. The summed E-state index contributed by atoms with van der Waals surface area (Å²) < 4.78 is 18.4. The highest BCUT2D eigenvalue weighted by Crippen LogP contribution is 2.14. The molecule has 0 aliphatic carbocycles. The van der Waals surface area contributed by atoms with E-state index in [0.29, 0.717) is 18.7 Å². The first-order chi connectivity index (χ1) is 9.38. The van der Waals surface area contributed by atoms with Crippen LogP contribution in [0.1, 0.15) is 27.2 Å². The lowest BCUT2D eigenvalue weighted by Crippen LogP contribution is -2.38. The minimum atomic E-state index is -0.699. The topological polar surface area (TPSA) is 58.6 Å². The summed E-state index contributed by atoms with van der Waals surface area (Å²) in [6.45, 7) is 5.75. The number of nitrogens with one attached hydrogen (secondary N) is 1. The van der Waals surface area contributed by atoms with E-state index in [9.17, 15) is 14.3 Å². The molecule has 20 heavy (non-hydrogen) atoms. The molecule has 0 fully saturated rings. The van der Waals surface area contributed by atoms with E-state index in [1.807, 2.05) is 6.92 Å². The van der Waals surface area contributed by atoms with Crippen molar-refractivity contribution in [3.05, 3.63) is 30.1 Å². The fourth-order valence-electron chi connectivity index (χ4n) is 1.88. The second-order valence-corrected chi connectivity index (χ2v) is 5.15. The molecule has 1 aromatic carbocycles. The van der Waals surface area contributed by atoms with Gasteiger partial charge in [0.25, 0.3) is 5.91 Å². The van der Waals surface area contributed by atoms with Crippen LogP contribution in [0.3, 0.4) is 0 Å². The van der Waals surface area contributed by atoms with Gasteiger partial charge in [-0.05, 0) is 38.3 Å². The van der Waals surface area contributed by atoms with E-state index in [0.717, 1.165) is 0 Å². The third kappa shape index (κ3) is 6.02. The van der Waals surface area contributed by atoms with Crippen molar-refractivity contribution in [3.8, 4) is 5.75 Å². The van der Waals surface area contributed by atoms with Crippen molar-refractivity contribution in [2.45, 2.75) is 39.4 Å². The van der Waals surface area contributed by atoms with Crippen LogP contribution in [0.25, 0.3) is 0 Å². The number of ether oxygens (including phenoxy) is 1. The van der Waals surface area contributed by atoms with Crippen molar-refractivity contribution in [2.24, 2.45) is 5.92 Å². The maximum atomic E-state index is 13.0. The molecular weight excluding hydrogens is 261 g/mol. The number of carbonyl (C=O) groups excluding carboxylic acids is 1. The number of benzene rings is 1. The van der Waals surface area contributed by atoms with Crippen LogP contribution in [0.2, 0.25) is 0 Å². The monoisotopic (exact) mass is 283 g/mol. The van der Waals surface area contributed by atoms with Crippen LogP contribution in [0, 0.1) is 11.7 Å². The van der Waals surface area contributed by atoms with E-state index < -0.39 is 11.9 Å². The predicted octanol–water partition coefficient (Wildman–Crippen LogP) is 2.12. The van der Waals surface area contributed by atoms with Crippen LogP contribution in [0.5, 0.6) is 5.75 Å². The maximum absolute atomic E-state index is 13.0. The molecule has 0 heterocycles. The Labute approximate surface area is 119 Å². The van der Waals surface area contributed by atoms with Crippen LogP contribution in [-0.4, -0.2) is 29.8 Å². The van der Waals surface area contributed by atoms with Crippen LogP contribution in [-0.2, 0) is 4.79 Å². The highest BCUT2D eigenvalue weighted by Gasteiger charge is 2.16. The first-order valence-electron chi connectivity index (χ1n) is 6.76. The Kier molecular flexibility index (Phi) is 6.45. The summed E-state index contributed by atoms with van der Waals surface area (Å²) in [7, 11) is 0. The van der Waals surface area contributed by atoms with E-state index in [2.05, 4.69) is 5.32 Å². The highest BCUT2D eigenvalue weighted by atomic mass is 19.1. The normalized spacial score (nSPS) is 15.2. The Morgan fingerprint density at radius 1 is 1.40 bits per heavy atom. The summed E-state index contributed by atoms with van der Waals surface area (Å²) >= 11 is 0. The second kappa shape index (κ2) is 7.85. The molecule has 0 saturated heterocycles. The second-order valence-electron chi connectivity index (χ2n) is 5.15. The van der Waals surface area contributed by atoms with Crippen molar-refractivity contribution in [1.82, 2.24) is 5.32 Å². The fourth-order valence-corrected chi connectivity index (χ4v) is 1.88. The first kappa shape index (κ1) is 16.4. The van der Waals surface area contributed by atoms with Crippen molar-refractivity contribution in [1.29, 1.82) is 0 Å². The standard InChI is InChI=1S/C15H22FNO3/c1-10(7-11(2)18)9-17-15(19)12(3)20-14-6-4-5-13(16)8-14/h4-6,8,10-12,18H,7,9H2,1-3H3,(H,17,19). The van der Waals surface area contributed by atoms with Gasteiger partial charge in [0.2, 0.25) is 0 Å². The molecule has 0 radical (unpaired) electrons. The van der Waals surface area contributed by atoms with Crippen molar-refractivity contribution < 1.29 is 19.0 Å². The number of aliphatic hydroxyl groups is 1. The molecule has 0 saturated carbocycles. The Hall–Kier alpha value is -1.62. The van der Waals surface area contributed by atoms with E-state index in [1.54, 1.807) is 19.9 Å². The molecule has 1 amide bonds. The average molecular weight is 283 g/mol. The van der Waals surface area contributed by atoms with E-state index in [4.69, 9.17) is 4.74 Å². The minimum absolute atomic E-state index is 0.181. The lowest BCUT2D eigenvalue weighted by atomic mass is 10.0. The zero-order valence-electron chi connectivity index (χ0n) is 12.1. The summed E-state index contributed by atoms with van der Waals surface area (Å²) in [5.74, 6) is -0.155. The molecule has 112 valence electrons. The van der Waals surface area contributed by atoms with Gasteiger partial charge in [-0.25, -0.2) is 4.39 Å². The van der Waals surface area contributed by atoms with Crippen LogP contribution >= 0.6 is 0 Å². The van der Waals surface area contributed by atoms with Crippen LogP contribution in [0.4, 0.5) is 4.39 Å².